The molecular formula is C19H24BN3O3. The fourth-order valence-corrected chi connectivity index (χ4v) is 2.72. The molecule has 1 fully saturated rings. The maximum atomic E-state index is 12.5. The summed E-state index contributed by atoms with van der Waals surface area (Å²) >= 11 is 0. The number of aryl methyl sites for hydroxylation is 2. The van der Waals surface area contributed by atoms with Gasteiger partial charge < -0.3 is 14.6 Å². The van der Waals surface area contributed by atoms with Crippen molar-refractivity contribution < 1.29 is 14.1 Å². The standard InChI is InChI=1S/C19H24BN3O3/c1-12-9-14(7-8-21-12)17(24)23-15-10-16(13(2)22-11-15)20-25-18(3,4)19(5,6)26-20/h7-11H,1-6H3,(H,23,24). The molecule has 1 N–H and O–H groups in total. The summed E-state index contributed by atoms with van der Waals surface area (Å²) in [6.07, 6.45) is 3.25. The van der Waals surface area contributed by atoms with Crippen LogP contribution in [-0.2, 0) is 9.31 Å². The van der Waals surface area contributed by atoms with Crippen molar-refractivity contribution >= 4 is 24.2 Å². The molecule has 1 aliphatic heterocycles. The molecule has 1 saturated heterocycles. The monoisotopic (exact) mass is 353 g/mol. The van der Waals surface area contributed by atoms with Crippen LogP contribution in [0.4, 0.5) is 5.69 Å². The smallest absolute Gasteiger partial charge is 0.399 e. The number of rotatable bonds is 3. The lowest BCUT2D eigenvalue weighted by molar-refractivity contribution is 0.00578. The molecule has 1 aliphatic rings. The highest BCUT2D eigenvalue weighted by Gasteiger charge is 2.52. The second-order valence-corrected chi connectivity index (χ2v) is 7.63. The van der Waals surface area contributed by atoms with Crippen LogP contribution in [0.25, 0.3) is 0 Å². The molecule has 26 heavy (non-hydrogen) atoms. The number of nitrogens with one attached hydrogen (secondary N) is 1. The normalized spacial score (nSPS) is 18.0. The highest BCUT2D eigenvalue weighted by Crippen LogP contribution is 2.36. The van der Waals surface area contributed by atoms with E-state index in [1.54, 1.807) is 24.5 Å². The molecule has 0 aliphatic carbocycles. The molecule has 136 valence electrons. The van der Waals surface area contributed by atoms with Crippen molar-refractivity contribution in [1.29, 1.82) is 0 Å². The minimum atomic E-state index is -0.521. The average Bonchev–Trinajstić information content (AvgIpc) is 2.77. The largest absolute Gasteiger partial charge is 0.496 e. The van der Waals surface area contributed by atoms with Crippen LogP contribution in [0.2, 0.25) is 0 Å². The lowest BCUT2D eigenvalue weighted by atomic mass is 9.78. The van der Waals surface area contributed by atoms with E-state index in [0.29, 0.717) is 11.3 Å². The topological polar surface area (TPSA) is 73.3 Å². The van der Waals surface area contributed by atoms with Crippen LogP contribution in [0.15, 0.2) is 30.6 Å². The van der Waals surface area contributed by atoms with E-state index in [4.69, 9.17) is 9.31 Å². The van der Waals surface area contributed by atoms with Gasteiger partial charge >= 0.3 is 7.12 Å². The van der Waals surface area contributed by atoms with E-state index >= 15 is 0 Å². The Bertz CT molecular complexity index is 836. The van der Waals surface area contributed by atoms with Gasteiger partial charge in [-0.3, -0.25) is 14.8 Å². The van der Waals surface area contributed by atoms with Crippen molar-refractivity contribution in [2.24, 2.45) is 0 Å². The van der Waals surface area contributed by atoms with E-state index in [-0.39, 0.29) is 5.91 Å². The first kappa shape index (κ1) is 18.5. The summed E-state index contributed by atoms with van der Waals surface area (Å²) < 4.78 is 12.2. The van der Waals surface area contributed by atoms with Crippen LogP contribution in [-0.4, -0.2) is 34.2 Å². The van der Waals surface area contributed by atoms with Crippen LogP contribution < -0.4 is 10.8 Å². The van der Waals surface area contributed by atoms with Crippen LogP contribution in [0.5, 0.6) is 0 Å². The Morgan fingerprint density at radius 2 is 1.73 bits per heavy atom. The number of carbonyl (C=O) groups excluding carboxylic acids is 1. The van der Waals surface area contributed by atoms with Crippen LogP contribution in [0.1, 0.15) is 49.4 Å². The van der Waals surface area contributed by atoms with Gasteiger partial charge in [-0.1, -0.05) is 0 Å². The first-order valence-electron chi connectivity index (χ1n) is 8.65. The number of hydrogen-bond acceptors (Lipinski definition) is 5. The lowest BCUT2D eigenvalue weighted by Crippen LogP contribution is -2.41. The van der Waals surface area contributed by atoms with E-state index in [1.807, 2.05) is 47.6 Å². The van der Waals surface area contributed by atoms with Crippen LogP contribution in [0.3, 0.4) is 0 Å². The Morgan fingerprint density at radius 1 is 1.08 bits per heavy atom. The van der Waals surface area contributed by atoms with E-state index in [9.17, 15) is 4.79 Å². The first-order chi connectivity index (χ1) is 12.1. The minimum Gasteiger partial charge on any atom is -0.399 e. The zero-order chi connectivity index (χ0) is 19.1. The van der Waals surface area contributed by atoms with Gasteiger partial charge in [0.2, 0.25) is 0 Å². The van der Waals surface area contributed by atoms with Gasteiger partial charge in [0.25, 0.3) is 5.91 Å². The van der Waals surface area contributed by atoms with Crippen molar-refractivity contribution in [3.63, 3.8) is 0 Å². The van der Waals surface area contributed by atoms with Gasteiger partial charge in [-0.15, -0.1) is 0 Å². The number of amides is 1. The van der Waals surface area contributed by atoms with Crippen molar-refractivity contribution in [1.82, 2.24) is 9.97 Å². The lowest BCUT2D eigenvalue weighted by Gasteiger charge is -2.32. The zero-order valence-electron chi connectivity index (χ0n) is 16.1. The Kier molecular flexibility index (Phi) is 4.62. The molecule has 0 bridgehead atoms. The third kappa shape index (κ3) is 3.50. The van der Waals surface area contributed by atoms with Gasteiger partial charge in [-0.05, 0) is 59.7 Å². The fraction of sp³-hybridized carbons (Fsp3) is 0.421. The van der Waals surface area contributed by atoms with E-state index in [1.165, 1.54) is 0 Å². The highest BCUT2D eigenvalue weighted by atomic mass is 16.7. The molecule has 0 saturated carbocycles. The number of pyridine rings is 2. The van der Waals surface area contributed by atoms with Crippen molar-refractivity contribution in [2.45, 2.75) is 52.7 Å². The van der Waals surface area contributed by atoms with Crippen LogP contribution in [0, 0.1) is 13.8 Å². The van der Waals surface area contributed by atoms with Crippen molar-refractivity contribution in [3.05, 3.63) is 47.5 Å². The van der Waals surface area contributed by atoms with Gasteiger partial charge in [0.05, 0.1) is 23.1 Å². The van der Waals surface area contributed by atoms with Crippen molar-refractivity contribution in [2.75, 3.05) is 5.32 Å². The fourth-order valence-electron chi connectivity index (χ4n) is 2.72. The molecule has 0 radical (unpaired) electrons. The molecule has 0 atom stereocenters. The molecule has 0 aromatic carbocycles. The third-order valence-corrected chi connectivity index (χ3v) is 5.05. The average molecular weight is 353 g/mol. The van der Waals surface area contributed by atoms with E-state index < -0.39 is 18.3 Å². The molecular weight excluding hydrogens is 329 g/mol. The quantitative estimate of drug-likeness (QED) is 0.859. The molecule has 6 nitrogen and oxygen atoms in total. The van der Waals surface area contributed by atoms with Crippen molar-refractivity contribution in [3.8, 4) is 0 Å². The predicted octanol–water partition coefficient (Wildman–Crippen LogP) is 2.64. The number of hydrogen-bond donors (Lipinski definition) is 1. The Balaban J connectivity index is 1.84. The molecule has 0 spiro atoms. The molecule has 2 aromatic heterocycles. The molecule has 3 heterocycles. The summed E-state index contributed by atoms with van der Waals surface area (Å²) in [6, 6.07) is 5.28. The van der Waals surface area contributed by atoms with E-state index in [2.05, 4.69) is 15.3 Å². The molecule has 0 unspecified atom stereocenters. The number of anilines is 1. The summed E-state index contributed by atoms with van der Waals surface area (Å²) in [7, 11) is -0.521. The number of aromatic nitrogens is 2. The second-order valence-electron chi connectivity index (χ2n) is 7.63. The zero-order valence-corrected chi connectivity index (χ0v) is 16.1. The number of carbonyl (C=O) groups is 1. The predicted molar refractivity (Wildman–Crippen MR) is 102 cm³/mol. The minimum absolute atomic E-state index is 0.207. The summed E-state index contributed by atoms with van der Waals surface area (Å²) in [5.74, 6) is -0.207. The SMILES string of the molecule is Cc1cc(C(=O)Nc2cnc(C)c(B3OC(C)(C)C(C)(C)O3)c2)ccn1. The van der Waals surface area contributed by atoms with Gasteiger partial charge in [-0.25, -0.2) is 0 Å². The third-order valence-electron chi connectivity index (χ3n) is 5.05. The summed E-state index contributed by atoms with van der Waals surface area (Å²) in [5.41, 5.74) is 2.69. The Labute approximate surface area is 154 Å². The summed E-state index contributed by atoms with van der Waals surface area (Å²) in [6.45, 7) is 11.8. The van der Waals surface area contributed by atoms with E-state index in [0.717, 1.165) is 16.9 Å². The van der Waals surface area contributed by atoms with Gasteiger partial charge in [0.15, 0.2) is 0 Å². The summed E-state index contributed by atoms with van der Waals surface area (Å²) in [4.78, 5) is 21.0. The highest BCUT2D eigenvalue weighted by molar-refractivity contribution is 6.62. The second kappa shape index (κ2) is 6.48. The molecule has 2 aromatic rings. The maximum Gasteiger partial charge on any atom is 0.496 e. The first-order valence-corrected chi connectivity index (χ1v) is 8.65. The van der Waals surface area contributed by atoms with Gasteiger partial charge in [0.1, 0.15) is 0 Å². The van der Waals surface area contributed by atoms with Gasteiger partial charge in [0, 0.05) is 28.6 Å². The summed E-state index contributed by atoms with van der Waals surface area (Å²) in [5, 5.41) is 2.88. The molecule has 7 heteroatoms. The Morgan fingerprint density at radius 3 is 2.35 bits per heavy atom. The molecule has 1 amide bonds. The maximum absolute atomic E-state index is 12.5. The Hall–Kier alpha value is -2.25. The van der Waals surface area contributed by atoms with Crippen LogP contribution >= 0.6 is 0 Å². The van der Waals surface area contributed by atoms with Gasteiger partial charge in [-0.2, -0.15) is 0 Å². The number of nitrogens with zero attached hydrogens (tertiary/aromatic N) is 2. The molecule has 3 rings (SSSR count).